The van der Waals surface area contributed by atoms with Gasteiger partial charge in [-0.15, -0.1) is 0 Å². The van der Waals surface area contributed by atoms with Gasteiger partial charge in [0.2, 0.25) is 0 Å². The SMILES string of the molecule is N#Cc1cc(Cl)c(N2CCN(C(=O)O)CC2)cc1N. The lowest BCUT2D eigenvalue weighted by Gasteiger charge is -2.35. The van der Waals surface area contributed by atoms with E-state index in [4.69, 9.17) is 27.7 Å². The molecular formula is C12H13ClN4O2. The lowest BCUT2D eigenvalue weighted by molar-refractivity contribution is 0.142. The lowest BCUT2D eigenvalue weighted by Crippen LogP contribution is -2.48. The summed E-state index contributed by atoms with van der Waals surface area (Å²) >= 11 is 6.13. The molecule has 0 atom stereocenters. The summed E-state index contributed by atoms with van der Waals surface area (Å²) in [5, 5.41) is 18.2. The number of hydrogen-bond acceptors (Lipinski definition) is 4. The van der Waals surface area contributed by atoms with E-state index in [0.717, 1.165) is 5.69 Å². The van der Waals surface area contributed by atoms with E-state index in [9.17, 15) is 4.79 Å². The summed E-state index contributed by atoms with van der Waals surface area (Å²) in [5.74, 6) is 0. The molecular weight excluding hydrogens is 268 g/mol. The lowest BCUT2D eigenvalue weighted by atomic mass is 10.1. The minimum absolute atomic E-state index is 0.345. The van der Waals surface area contributed by atoms with Crippen LogP contribution >= 0.6 is 11.6 Å². The van der Waals surface area contributed by atoms with Crippen LogP contribution in [0.5, 0.6) is 0 Å². The summed E-state index contributed by atoms with van der Waals surface area (Å²) in [4.78, 5) is 14.2. The Balaban J connectivity index is 2.18. The van der Waals surface area contributed by atoms with Crippen molar-refractivity contribution in [1.29, 1.82) is 5.26 Å². The third-order valence-electron chi connectivity index (χ3n) is 3.13. The van der Waals surface area contributed by atoms with E-state index in [0.29, 0.717) is 42.5 Å². The van der Waals surface area contributed by atoms with Gasteiger partial charge in [-0.05, 0) is 12.1 Å². The second-order valence-electron chi connectivity index (χ2n) is 4.26. The highest BCUT2D eigenvalue weighted by atomic mass is 35.5. The smallest absolute Gasteiger partial charge is 0.407 e. The molecule has 1 aromatic carbocycles. The summed E-state index contributed by atoms with van der Waals surface area (Å²) in [6, 6.07) is 5.18. The number of amides is 1. The van der Waals surface area contributed by atoms with Crippen LogP contribution in [-0.4, -0.2) is 42.3 Å². The second-order valence-corrected chi connectivity index (χ2v) is 4.67. The van der Waals surface area contributed by atoms with Crippen molar-refractivity contribution in [2.75, 3.05) is 36.8 Å². The zero-order chi connectivity index (χ0) is 14.0. The largest absolute Gasteiger partial charge is 0.465 e. The molecule has 0 unspecified atom stereocenters. The molecule has 1 heterocycles. The normalized spacial score (nSPS) is 15.2. The van der Waals surface area contributed by atoms with Crippen LogP contribution in [-0.2, 0) is 0 Å². The molecule has 6 nitrogen and oxygen atoms in total. The second kappa shape index (κ2) is 5.24. The molecule has 1 saturated heterocycles. The molecule has 0 saturated carbocycles. The maximum Gasteiger partial charge on any atom is 0.407 e. The van der Waals surface area contributed by atoms with Gasteiger partial charge in [0.05, 0.1) is 22.0 Å². The monoisotopic (exact) mass is 280 g/mol. The molecule has 1 fully saturated rings. The quantitative estimate of drug-likeness (QED) is 0.762. The van der Waals surface area contributed by atoms with Crippen molar-refractivity contribution < 1.29 is 9.90 Å². The van der Waals surface area contributed by atoms with Crippen LogP contribution in [0.4, 0.5) is 16.2 Å². The predicted octanol–water partition coefficient (Wildman–Crippen LogP) is 1.59. The Morgan fingerprint density at radius 2 is 2.00 bits per heavy atom. The maximum absolute atomic E-state index is 10.8. The Labute approximate surface area is 115 Å². The molecule has 3 N–H and O–H groups in total. The molecule has 1 aliphatic heterocycles. The van der Waals surface area contributed by atoms with Crippen molar-refractivity contribution >= 4 is 29.1 Å². The summed E-state index contributed by atoms with van der Waals surface area (Å²) < 4.78 is 0. The zero-order valence-electron chi connectivity index (χ0n) is 10.1. The molecule has 1 amide bonds. The van der Waals surface area contributed by atoms with Gasteiger partial charge in [0, 0.05) is 26.2 Å². The van der Waals surface area contributed by atoms with Gasteiger partial charge >= 0.3 is 6.09 Å². The number of nitrogens with two attached hydrogens (primary N) is 1. The van der Waals surface area contributed by atoms with Crippen molar-refractivity contribution in [3.63, 3.8) is 0 Å². The van der Waals surface area contributed by atoms with Crippen LogP contribution in [0.25, 0.3) is 0 Å². The Morgan fingerprint density at radius 1 is 1.37 bits per heavy atom. The number of nitrogen functional groups attached to an aromatic ring is 1. The highest BCUT2D eigenvalue weighted by Gasteiger charge is 2.22. The number of halogens is 1. The van der Waals surface area contributed by atoms with Gasteiger partial charge in [-0.2, -0.15) is 5.26 Å². The van der Waals surface area contributed by atoms with Crippen molar-refractivity contribution in [2.45, 2.75) is 0 Å². The van der Waals surface area contributed by atoms with Gasteiger partial charge in [-0.3, -0.25) is 0 Å². The van der Waals surface area contributed by atoms with Crippen molar-refractivity contribution in [3.8, 4) is 6.07 Å². The van der Waals surface area contributed by atoms with Gasteiger partial charge in [0.15, 0.2) is 0 Å². The number of carboxylic acid groups (broad SMARTS) is 1. The molecule has 0 radical (unpaired) electrons. The fraction of sp³-hybridized carbons (Fsp3) is 0.333. The first-order valence-electron chi connectivity index (χ1n) is 5.75. The molecule has 0 aromatic heterocycles. The third kappa shape index (κ3) is 2.66. The number of rotatable bonds is 1. The Morgan fingerprint density at radius 3 is 2.53 bits per heavy atom. The average molecular weight is 281 g/mol. The molecule has 7 heteroatoms. The first-order chi connectivity index (χ1) is 9.02. The standard InChI is InChI=1S/C12H13ClN4O2/c13-9-5-8(7-14)10(15)6-11(9)16-1-3-17(4-2-16)12(18)19/h5-6H,1-4,15H2,(H,18,19). The van der Waals surface area contributed by atoms with Gasteiger partial charge in [0.25, 0.3) is 0 Å². The first-order valence-corrected chi connectivity index (χ1v) is 6.12. The fourth-order valence-electron chi connectivity index (χ4n) is 2.06. The molecule has 0 bridgehead atoms. The minimum Gasteiger partial charge on any atom is -0.465 e. The maximum atomic E-state index is 10.8. The Hall–Kier alpha value is -2.13. The van der Waals surface area contributed by atoms with Crippen molar-refractivity contribution in [3.05, 3.63) is 22.7 Å². The van der Waals surface area contributed by atoms with E-state index < -0.39 is 6.09 Å². The van der Waals surface area contributed by atoms with E-state index in [1.165, 1.54) is 11.0 Å². The van der Waals surface area contributed by atoms with E-state index in [-0.39, 0.29) is 0 Å². The number of nitrogens with zero attached hydrogens (tertiary/aromatic N) is 3. The summed E-state index contributed by atoms with van der Waals surface area (Å²) in [5.41, 5.74) is 7.23. The topological polar surface area (TPSA) is 93.6 Å². The summed E-state index contributed by atoms with van der Waals surface area (Å²) in [6.07, 6.45) is -0.912. The summed E-state index contributed by atoms with van der Waals surface area (Å²) in [7, 11) is 0. The number of hydrogen-bond donors (Lipinski definition) is 2. The first kappa shape index (κ1) is 13.3. The number of benzene rings is 1. The van der Waals surface area contributed by atoms with Crippen LogP contribution < -0.4 is 10.6 Å². The number of nitriles is 1. The van der Waals surface area contributed by atoms with Crippen molar-refractivity contribution in [2.24, 2.45) is 0 Å². The van der Waals surface area contributed by atoms with Gasteiger partial charge in [-0.25, -0.2) is 4.79 Å². The van der Waals surface area contributed by atoms with E-state index in [1.807, 2.05) is 11.0 Å². The Kier molecular flexibility index (Phi) is 3.67. The molecule has 100 valence electrons. The molecule has 19 heavy (non-hydrogen) atoms. The summed E-state index contributed by atoms with van der Waals surface area (Å²) in [6.45, 7) is 1.95. The van der Waals surface area contributed by atoms with E-state index >= 15 is 0 Å². The Bertz CT molecular complexity index is 547. The number of piperazine rings is 1. The van der Waals surface area contributed by atoms with Gasteiger partial charge < -0.3 is 20.6 Å². The fourth-order valence-corrected chi connectivity index (χ4v) is 2.34. The predicted molar refractivity (Wildman–Crippen MR) is 72.4 cm³/mol. The third-order valence-corrected chi connectivity index (χ3v) is 3.43. The number of anilines is 2. The van der Waals surface area contributed by atoms with E-state index in [1.54, 1.807) is 6.07 Å². The van der Waals surface area contributed by atoms with Crippen LogP contribution in [0, 0.1) is 11.3 Å². The highest BCUT2D eigenvalue weighted by molar-refractivity contribution is 6.33. The van der Waals surface area contributed by atoms with Gasteiger partial charge in [-0.1, -0.05) is 11.6 Å². The van der Waals surface area contributed by atoms with Crippen LogP contribution in [0.2, 0.25) is 5.02 Å². The van der Waals surface area contributed by atoms with Crippen LogP contribution in [0.3, 0.4) is 0 Å². The number of carbonyl (C=O) groups is 1. The van der Waals surface area contributed by atoms with E-state index in [2.05, 4.69) is 0 Å². The molecule has 1 aliphatic rings. The molecule has 1 aromatic rings. The molecule has 2 rings (SSSR count). The zero-order valence-corrected chi connectivity index (χ0v) is 10.9. The minimum atomic E-state index is -0.912. The molecule has 0 aliphatic carbocycles. The average Bonchev–Trinajstić information content (AvgIpc) is 2.41. The van der Waals surface area contributed by atoms with Gasteiger partial charge in [0.1, 0.15) is 6.07 Å². The highest BCUT2D eigenvalue weighted by Crippen LogP contribution is 2.31. The van der Waals surface area contributed by atoms with Crippen LogP contribution in [0.1, 0.15) is 5.56 Å². The van der Waals surface area contributed by atoms with Crippen LogP contribution in [0.15, 0.2) is 12.1 Å². The van der Waals surface area contributed by atoms with Crippen molar-refractivity contribution in [1.82, 2.24) is 4.90 Å². The molecule has 0 spiro atoms.